The van der Waals surface area contributed by atoms with Crippen LogP contribution in [0.3, 0.4) is 0 Å². The van der Waals surface area contributed by atoms with Gasteiger partial charge in [-0.15, -0.1) is 44.5 Å². The van der Waals surface area contributed by atoms with E-state index in [9.17, 15) is 19.5 Å². The zero-order valence-corrected chi connectivity index (χ0v) is 67.4. The Kier molecular flexibility index (Phi) is 60.3. The number of H-pyrrole nitrogens is 3. The molecule has 11 nitrogen and oxygen atoms in total. The molecule has 105 heavy (non-hydrogen) atoms. The van der Waals surface area contributed by atoms with Crippen LogP contribution in [0.4, 0.5) is 0 Å². The predicted octanol–water partition coefficient (Wildman–Crippen LogP) is 17.1. The Bertz CT molecular complexity index is 3030. The number of imidazole rings is 2. The molecule has 4 fully saturated rings. The van der Waals surface area contributed by atoms with Crippen LogP contribution in [0.5, 0.6) is 0 Å². The number of hydrogen-bond acceptors (Lipinski definition) is 9. The number of allylic oxidation sites excluding steroid dienone is 8. The zero-order chi connectivity index (χ0) is 77.0. The van der Waals surface area contributed by atoms with Crippen molar-refractivity contribution in [3.05, 3.63) is 87.9 Å². The summed E-state index contributed by atoms with van der Waals surface area (Å²) in [5, 5.41) is 27.0. The number of Topliss-reactive ketones (excluding diaryl/α,β-unsaturated/α-hetero) is 2. The third-order valence-corrected chi connectivity index (χ3v) is 22.1. The summed E-state index contributed by atoms with van der Waals surface area (Å²) in [5.41, 5.74) is 6.26. The molecular weight excluding hydrogens is 1310 g/mol. The van der Waals surface area contributed by atoms with Gasteiger partial charge in [0.25, 0.3) is 0 Å². The van der Waals surface area contributed by atoms with Gasteiger partial charge in [0.15, 0.2) is 4.77 Å². The van der Waals surface area contributed by atoms with Gasteiger partial charge < -0.3 is 52.8 Å². The predicted molar refractivity (Wildman–Crippen MR) is 438 cm³/mol. The van der Waals surface area contributed by atoms with E-state index in [2.05, 4.69) is 133 Å². The number of aliphatic hydroxyl groups excluding tert-OH is 2. The average Bonchev–Trinajstić information content (AvgIpc) is 1.56. The van der Waals surface area contributed by atoms with Crippen molar-refractivity contribution in [3.8, 4) is 80.5 Å². The van der Waals surface area contributed by atoms with Crippen LogP contribution < -0.4 is 18.9 Å². The first-order chi connectivity index (χ1) is 50.4. The van der Waals surface area contributed by atoms with Crippen LogP contribution in [-0.2, 0) is 27.2 Å². The standard InChI is InChI=1S/C12H14N2S.C12H14N2.C11H18O.C11H14O.C11H18.C10H14O.C9H16O.C8H14O2.C6H15N.C2H.Li/c1-2-9-3-5-10(6-4-9)7-11-8-13-12(15)14-11;1-2-10-3-5-11(6-4-10)7-12-8-13-9-14-12;1-3-5-10-6-8-11(12,4-2)9-7-10;1-2-10-5-7-11(8-6-10)4-3-9-12;1-3-5-11-8-6-10(4-2)7-9-11;1-2-9-3-5-10(6-4-9)7-8-11;1-2-3-8-4-6-9(10)7-5-8;9-6-5-7-1-3-8(10)4-2-7;1-4-7(5-2)6-3;1-2;/h1,3,8,10H,4-7H2,(H2,13,14,15);1,3,8-9,11H,4-7H2,(H,13,14);2,10,12H,3,5-9H2,1H3;1,5,9,11H,3-4,6-8H2;2,10-11H,3,5-9H2,1H3;1,3,10-11H,4-8H2;8H,2-7H2,1H3;7,9H,1-6H2;4-6H2,1-3H3;1H;/q;;;;;;;;;-1;+1. The molecule has 2 aromatic heterocycles. The molecule has 6 N–H and O–H groups in total. The van der Waals surface area contributed by atoms with Crippen molar-refractivity contribution in [1.29, 1.82) is 0 Å². The summed E-state index contributed by atoms with van der Waals surface area (Å²) in [6, 6.07) is 0. The van der Waals surface area contributed by atoms with Crippen molar-refractivity contribution in [2.45, 2.75) is 304 Å². The van der Waals surface area contributed by atoms with Crippen molar-refractivity contribution in [1.82, 2.24) is 24.8 Å². The van der Waals surface area contributed by atoms with Crippen LogP contribution in [0.2, 0.25) is 0 Å². The maximum absolute atomic E-state index is 10.8. The zero-order valence-electron chi connectivity index (χ0n) is 66.5. The number of aromatic amines is 3. The molecule has 0 radical (unpaired) electrons. The summed E-state index contributed by atoms with van der Waals surface area (Å²) in [6.45, 7) is 17.4. The van der Waals surface area contributed by atoms with E-state index < -0.39 is 5.60 Å². The van der Waals surface area contributed by atoms with E-state index in [-0.39, 0.29) is 25.5 Å². The van der Waals surface area contributed by atoms with Crippen LogP contribution in [0.15, 0.2) is 65.3 Å². The minimum atomic E-state index is -0.774. The fourth-order valence-electron chi connectivity index (χ4n) is 14.8. The number of nitrogens with one attached hydrogen (secondary N) is 3. The van der Waals surface area contributed by atoms with Gasteiger partial charge in [-0.2, -0.15) is 0 Å². The molecule has 4 atom stereocenters. The van der Waals surface area contributed by atoms with Gasteiger partial charge in [-0.3, -0.25) is 9.59 Å². The molecule has 10 rings (SSSR count). The Morgan fingerprint density at radius 2 is 0.895 bits per heavy atom. The fourth-order valence-corrected chi connectivity index (χ4v) is 15.0. The van der Waals surface area contributed by atoms with Crippen LogP contribution in [0.1, 0.15) is 297 Å². The van der Waals surface area contributed by atoms with Gasteiger partial charge >= 0.3 is 18.9 Å². The number of nitrogens with zero attached hydrogens (tertiary/aromatic N) is 2. The molecule has 0 saturated heterocycles. The number of hydrogen-bond donors (Lipinski definition) is 6. The largest absolute Gasteiger partial charge is 1.00 e. The minimum absolute atomic E-state index is 0. The smallest absolute Gasteiger partial charge is 0.697 e. The Balaban J connectivity index is 0.00000116. The number of aliphatic hydroxyl groups is 3. The maximum atomic E-state index is 10.8. The van der Waals surface area contributed by atoms with E-state index in [0.717, 1.165) is 220 Å². The summed E-state index contributed by atoms with van der Waals surface area (Å²) in [7, 11) is 0. The summed E-state index contributed by atoms with van der Waals surface area (Å²) >= 11 is 4.99. The summed E-state index contributed by atoms with van der Waals surface area (Å²) in [5.74, 6) is 23.7. The number of ketones is 2. The monoisotopic (exact) mass is 1450 g/mol. The molecule has 2 aromatic rings. The average molecular weight is 1450 g/mol. The second-order valence-electron chi connectivity index (χ2n) is 29.5. The van der Waals surface area contributed by atoms with Crippen molar-refractivity contribution in [2.24, 2.45) is 53.3 Å². The van der Waals surface area contributed by atoms with Crippen molar-refractivity contribution in [2.75, 3.05) is 32.8 Å². The fraction of sp³-hybridized carbons (Fsp3) is 0.663. The molecule has 0 spiro atoms. The SMILES string of the molecule is C#CC1(O)CCC(CCC)CC1.C#CC1=CCC(CCC=O)CC1.C#CC1=CCC(CCO)CC1.C#CC1=CCC(Cc2c[nH]c(=S)[nH]2)CC1.C#CC1=CCC(Cc2cnc[nH]2)CC1.C#CC1CCC(CCC)CC1.CCCC1CCC(=O)CC1.CCN(CC)CC.O=C1CCC(CCO)CC1.[C-]#C.[Li+]. The molecule has 0 bridgehead atoms. The summed E-state index contributed by atoms with van der Waals surface area (Å²) in [6.07, 6.45) is 99.5. The molecule has 8 aliphatic carbocycles. The van der Waals surface area contributed by atoms with Crippen LogP contribution >= 0.6 is 12.2 Å². The molecule has 4 unspecified atom stereocenters. The first kappa shape index (κ1) is 99.0. The third kappa shape index (κ3) is 47.4. The summed E-state index contributed by atoms with van der Waals surface area (Å²) < 4.78 is 0.709. The number of aromatic nitrogens is 4. The van der Waals surface area contributed by atoms with E-state index in [1.165, 1.54) is 114 Å². The maximum Gasteiger partial charge on any atom is 1.00 e. The normalized spacial score (nSPS) is 23.1. The molecule has 4 saturated carbocycles. The number of aldehydes is 1. The molecule has 0 amide bonds. The van der Waals surface area contributed by atoms with Crippen LogP contribution in [-0.4, -0.2) is 96.5 Å². The van der Waals surface area contributed by atoms with Crippen molar-refractivity contribution >= 4 is 30.1 Å². The van der Waals surface area contributed by atoms with Gasteiger partial charge in [-0.05, 0) is 288 Å². The first-order valence-electron chi connectivity index (χ1n) is 40.2. The van der Waals surface area contributed by atoms with Gasteiger partial charge in [-0.25, -0.2) is 4.98 Å². The quantitative estimate of drug-likeness (QED) is 0.0248. The second kappa shape index (κ2) is 64.0. The first-order valence-corrected chi connectivity index (χ1v) is 40.6. The van der Waals surface area contributed by atoms with E-state index in [0.29, 0.717) is 59.0 Å². The minimum Gasteiger partial charge on any atom is -0.697 e. The van der Waals surface area contributed by atoms with Gasteiger partial charge in [0, 0.05) is 75.0 Å². The Labute approximate surface area is 657 Å². The number of carbonyl (C=O) groups excluding carboxylic acids is 3. The molecule has 2 heterocycles. The molecule has 13 heteroatoms. The van der Waals surface area contributed by atoms with Gasteiger partial charge in [-0.1, -0.05) is 134 Å². The van der Waals surface area contributed by atoms with Crippen molar-refractivity contribution in [3.63, 3.8) is 0 Å². The van der Waals surface area contributed by atoms with E-state index in [1.54, 1.807) is 6.33 Å². The van der Waals surface area contributed by atoms with Crippen molar-refractivity contribution < 1.29 is 48.6 Å². The van der Waals surface area contributed by atoms with Crippen LogP contribution in [0, 0.1) is 145 Å². The summed E-state index contributed by atoms with van der Waals surface area (Å²) in [4.78, 5) is 47.3. The Morgan fingerprint density at radius 3 is 1.21 bits per heavy atom. The molecular formula is C92H138LiN5O6S. The Morgan fingerprint density at radius 1 is 0.524 bits per heavy atom. The number of terminal acetylenes is 7. The number of rotatable bonds is 20. The molecule has 8 aliphatic rings. The van der Waals surface area contributed by atoms with E-state index in [1.807, 2.05) is 12.4 Å². The molecule has 0 aromatic carbocycles. The molecule has 0 aliphatic heterocycles. The molecule has 574 valence electrons. The van der Waals surface area contributed by atoms with E-state index in [4.69, 9.17) is 67.4 Å². The van der Waals surface area contributed by atoms with Gasteiger partial charge in [0.1, 0.15) is 23.5 Å². The topological polar surface area (TPSA) is 175 Å². The van der Waals surface area contributed by atoms with E-state index >= 15 is 0 Å². The second-order valence-corrected chi connectivity index (χ2v) is 29.9. The van der Waals surface area contributed by atoms with Gasteiger partial charge in [0.05, 0.1) is 6.33 Å². The van der Waals surface area contributed by atoms with Gasteiger partial charge in [0.2, 0.25) is 0 Å². The number of carbonyl (C=O) groups is 3. The Hall–Kier alpha value is -6.03. The third-order valence-electron chi connectivity index (χ3n) is 21.9. The van der Waals surface area contributed by atoms with Crippen LogP contribution in [0.25, 0.3) is 0 Å².